The smallest absolute Gasteiger partial charge is 0.237 e. The zero-order valence-electron chi connectivity index (χ0n) is 11.6. The zero-order valence-corrected chi connectivity index (χ0v) is 13.2. The van der Waals surface area contributed by atoms with Crippen LogP contribution in [0.5, 0.6) is 0 Å². The van der Waals surface area contributed by atoms with E-state index in [-0.39, 0.29) is 29.8 Å². The maximum Gasteiger partial charge on any atom is 0.237 e. The minimum absolute atomic E-state index is 0. The molecule has 0 bridgehead atoms. The second-order valence-corrected chi connectivity index (χ2v) is 6.63. The molecule has 0 aromatic heterocycles. The van der Waals surface area contributed by atoms with E-state index in [0.717, 1.165) is 17.9 Å². The Labute approximate surface area is 116 Å². The van der Waals surface area contributed by atoms with Gasteiger partial charge in [0.05, 0.1) is 6.04 Å². The van der Waals surface area contributed by atoms with Crippen molar-refractivity contribution in [3.8, 4) is 0 Å². The number of nitrogens with one attached hydrogen (secondary N) is 1. The summed E-state index contributed by atoms with van der Waals surface area (Å²) in [4.78, 5) is 11.8. The lowest BCUT2D eigenvalue weighted by Crippen LogP contribution is -2.50. The van der Waals surface area contributed by atoms with Crippen molar-refractivity contribution in [1.82, 2.24) is 5.32 Å². The van der Waals surface area contributed by atoms with Gasteiger partial charge in [0, 0.05) is 6.04 Å². The maximum atomic E-state index is 11.8. The van der Waals surface area contributed by atoms with E-state index in [9.17, 15) is 4.79 Å². The third kappa shape index (κ3) is 8.75. The summed E-state index contributed by atoms with van der Waals surface area (Å²) in [5.74, 6) is 2.17. The SMILES string of the molecule is CCSCCC(C)NC(=O)[C@@H](N)C(C)(C)C.Cl. The van der Waals surface area contributed by atoms with Crippen LogP contribution in [-0.4, -0.2) is 29.5 Å². The summed E-state index contributed by atoms with van der Waals surface area (Å²) in [5, 5.41) is 2.97. The molecular formula is C12H27ClN2OS. The standard InChI is InChI=1S/C12H26N2OS.ClH/c1-6-16-8-7-9(2)14-11(15)10(13)12(3,4)5;/h9-10H,6-8,13H2,1-5H3,(H,14,15);1H/t9?,10-;/m1./s1. The van der Waals surface area contributed by atoms with Gasteiger partial charge < -0.3 is 11.1 Å². The van der Waals surface area contributed by atoms with Crippen LogP contribution in [0.25, 0.3) is 0 Å². The molecule has 0 heterocycles. The van der Waals surface area contributed by atoms with Gasteiger partial charge in [0.2, 0.25) is 5.91 Å². The van der Waals surface area contributed by atoms with Gasteiger partial charge in [0.25, 0.3) is 0 Å². The third-order valence-corrected chi connectivity index (χ3v) is 3.44. The van der Waals surface area contributed by atoms with Crippen LogP contribution in [0, 0.1) is 5.41 Å². The number of rotatable bonds is 6. The lowest BCUT2D eigenvalue weighted by Gasteiger charge is -2.27. The van der Waals surface area contributed by atoms with Crippen molar-refractivity contribution in [2.24, 2.45) is 11.1 Å². The molecule has 3 N–H and O–H groups in total. The van der Waals surface area contributed by atoms with Gasteiger partial charge in [-0.25, -0.2) is 0 Å². The highest BCUT2D eigenvalue weighted by Gasteiger charge is 2.27. The molecule has 0 saturated carbocycles. The van der Waals surface area contributed by atoms with Gasteiger partial charge in [0.1, 0.15) is 0 Å². The number of amides is 1. The highest BCUT2D eigenvalue weighted by atomic mass is 35.5. The Morgan fingerprint density at radius 1 is 1.41 bits per heavy atom. The quantitative estimate of drug-likeness (QED) is 0.736. The van der Waals surface area contributed by atoms with Crippen molar-refractivity contribution in [2.45, 2.75) is 53.1 Å². The zero-order chi connectivity index (χ0) is 12.8. The molecule has 104 valence electrons. The summed E-state index contributed by atoms with van der Waals surface area (Å²) in [6.07, 6.45) is 1.00. The van der Waals surface area contributed by atoms with E-state index in [1.54, 1.807) is 0 Å². The van der Waals surface area contributed by atoms with Gasteiger partial charge in [-0.05, 0) is 30.3 Å². The molecule has 0 aliphatic heterocycles. The van der Waals surface area contributed by atoms with Gasteiger partial charge >= 0.3 is 0 Å². The normalized spacial score (nSPS) is 14.7. The molecule has 1 unspecified atom stereocenters. The van der Waals surface area contributed by atoms with Crippen molar-refractivity contribution >= 4 is 30.1 Å². The summed E-state index contributed by atoms with van der Waals surface area (Å²) < 4.78 is 0. The minimum Gasteiger partial charge on any atom is -0.352 e. The molecule has 0 radical (unpaired) electrons. The number of thioether (sulfide) groups is 1. The maximum absolute atomic E-state index is 11.8. The highest BCUT2D eigenvalue weighted by molar-refractivity contribution is 7.99. The van der Waals surface area contributed by atoms with Crippen LogP contribution < -0.4 is 11.1 Å². The first-order valence-corrected chi connectivity index (χ1v) is 7.08. The van der Waals surface area contributed by atoms with Crippen LogP contribution >= 0.6 is 24.2 Å². The molecule has 0 fully saturated rings. The van der Waals surface area contributed by atoms with E-state index in [0.29, 0.717) is 0 Å². The fourth-order valence-electron chi connectivity index (χ4n) is 1.20. The first kappa shape index (κ1) is 19.4. The van der Waals surface area contributed by atoms with E-state index < -0.39 is 6.04 Å². The average molecular weight is 283 g/mol. The van der Waals surface area contributed by atoms with Gasteiger partial charge in [-0.3, -0.25) is 4.79 Å². The molecule has 1 amide bonds. The number of halogens is 1. The second-order valence-electron chi connectivity index (χ2n) is 5.24. The summed E-state index contributed by atoms with van der Waals surface area (Å²) in [6.45, 7) is 10.1. The van der Waals surface area contributed by atoms with Crippen molar-refractivity contribution in [2.75, 3.05) is 11.5 Å². The number of nitrogens with two attached hydrogens (primary N) is 1. The molecule has 0 aromatic rings. The summed E-state index contributed by atoms with van der Waals surface area (Å²) >= 11 is 1.89. The molecule has 2 atom stereocenters. The Morgan fingerprint density at radius 3 is 2.35 bits per heavy atom. The van der Waals surface area contributed by atoms with Crippen LogP contribution in [0.2, 0.25) is 0 Å². The lowest BCUT2D eigenvalue weighted by molar-refractivity contribution is -0.125. The molecule has 5 heteroatoms. The predicted octanol–water partition coefficient (Wildman–Crippen LogP) is 2.43. The molecule has 0 rings (SSSR count). The molecule has 3 nitrogen and oxygen atoms in total. The van der Waals surface area contributed by atoms with Gasteiger partial charge in [0.15, 0.2) is 0 Å². The van der Waals surface area contributed by atoms with Crippen molar-refractivity contribution in [3.05, 3.63) is 0 Å². The summed E-state index contributed by atoms with van der Waals surface area (Å²) in [7, 11) is 0. The minimum atomic E-state index is -0.436. The lowest BCUT2D eigenvalue weighted by atomic mass is 9.87. The van der Waals surface area contributed by atoms with E-state index in [1.165, 1.54) is 0 Å². The molecule has 0 aliphatic rings. The number of carbonyl (C=O) groups is 1. The largest absolute Gasteiger partial charge is 0.352 e. The Balaban J connectivity index is 0. The first-order valence-electron chi connectivity index (χ1n) is 5.92. The topological polar surface area (TPSA) is 55.1 Å². The van der Waals surface area contributed by atoms with Crippen LogP contribution in [0.4, 0.5) is 0 Å². The van der Waals surface area contributed by atoms with Gasteiger partial charge in [-0.1, -0.05) is 27.7 Å². The second kappa shape index (κ2) is 9.06. The van der Waals surface area contributed by atoms with Gasteiger partial charge in [-0.2, -0.15) is 11.8 Å². The summed E-state index contributed by atoms with van der Waals surface area (Å²) in [5.41, 5.74) is 5.70. The Bertz CT molecular complexity index is 219. The molecule has 17 heavy (non-hydrogen) atoms. The van der Waals surface area contributed by atoms with Crippen LogP contribution in [0.3, 0.4) is 0 Å². The highest BCUT2D eigenvalue weighted by Crippen LogP contribution is 2.17. The van der Waals surface area contributed by atoms with E-state index in [2.05, 4.69) is 12.2 Å². The average Bonchev–Trinajstić information content (AvgIpc) is 2.15. The van der Waals surface area contributed by atoms with Crippen LogP contribution in [-0.2, 0) is 4.79 Å². The summed E-state index contributed by atoms with van der Waals surface area (Å²) in [6, 6.07) is -0.228. The molecule has 0 spiro atoms. The fourth-order valence-corrected chi connectivity index (χ4v) is 2.01. The molecular weight excluding hydrogens is 256 g/mol. The van der Waals surface area contributed by atoms with Crippen molar-refractivity contribution in [3.63, 3.8) is 0 Å². The van der Waals surface area contributed by atoms with Gasteiger partial charge in [-0.15, -0.1) is 12.4 Å². The van der Waals surface area contributed by atoms with Crippen LogP contribution in [0.1, 0.15) is 41.0 Å². The number of carbonyl (C=O) groups excluding carboxylic acids is 1. The van der Waals surface area contributed by atoms with E-state index in [1.807, 2.05) is 39.5 Å². The Morgan fingerprint density at radius 2 is 1.94 bits per heavy atom. The first-order chi connectivity index (χ1) is 7.29. The molecule has 0 aliphatic carbocycles. The third-order valence-electron chi connectivity index (χ3n) is 2.50. The van der Waals surface area contributed by atoms with Crippen molar-refractivity contribution in [1.29, 1.82) is 0 Å². The Hall–Kier alpha value is 0.0700. The molecule has 0 aromatic carbocycles. The monoisotopic (exact) mass is 282 g/mol. The van der Waals surface area contributed by atoms with Crippen LogP contribution in [0.15, 0.2) is 0 Å². The predicted molar refractivity (Wildman–Crippen MR) is 79.9 cm³/mol. The number of hydrogen-bond acceptors (Lipinski definition) is 3. The van der Waals surface area contributed by atoms with E-state index >= 15 is 0 Å². The van der Waals surface area contributed by atoms with Crippen molar-refractivity contribution < 1.29 is 4.79 Å². The fraction of sp³-hybridized carbons (Fsp3) is 0.917. The Kier molecular flexibility index (Phi) is 10.3. The van der Waals surface area contributed by atoms with E-state index in [4.69, 9.17) is 5.73 Å². The molecule has 0 saturated heterocycles. The number of hydrogen-bond donors (Lipinski definition) is 2.